The topological polar surface area (TPSA) is 36.1 Å². The number of benzene rings is 2. The number of hydrogen-bond acceptors (Lipinski definition) is 2. The molecule has 0 amide bonds. The van der Waals surface area contributed by atoms with Crippen LogP contribution in [0.4, 0.5) is 5.69 Å². The predicted octanol–water partition coefficient (Wildman–Crippen LogP) is 8.94. The molecule has 2 nitrogen and oxygen atoms in total. The summed E-state index contributed by atoms with van der Waals surface area (Å²) in [6.07, 6.45) is 21.2. The lowest BCUT2D eigenvalue weighted by molar-refractivity contribution is 0.539. The molecule has 0 unspecified atom stereocenters. The monoisotopic (exact) mass is 416 g/mol. The lowest BCUT2D eigenvalue weighted by atomic mass is 10.0. The van der Waals surface area contributed by atoms with Crippen LogP contribution < -0.4 is 0 Å². The molecule has 0 aromatic heterocycles. The first-order valence-electron chi connectivity index (χ1n) is 12.4. The standard InChI is InChI=1S/C29H40N2/c1-2-3-4-5-6-7-8-9-10-11-12-13-14-15-26-20-22-29(23-21-26)31-25-28-18-16-27(24-30)17-19-28/h16-23,25H,2-15H2,1H3/b31-25+. The molecule has 2 aromatic carbocycles. The molecule has 166 valence electrons. The van der Waals surface area contributed by atoms with E-state index in [1.807, 2.05) is 30.5 Å². The zero-order valence-electron chi connectivity index (χ0n) is 19.5. The summed E-state index contributed by atoms with van der Waals surface area (Å²) in [5, 5.41) is 8.85. The van der Waals surface area contributed by atoms with Gasteiger partial charge in [0.05, 0.1) is 17.3 Å². The van der Waals surface area contributed by atoms with E-state index in [4.69, 9.17) is 5.26 Å². The van der Waals surface area contributed by atoms with Crippen LogP contribution in [0, 0.1) is 11.3 Å². The summed E-state index contributed by atoms with van der Waals surface area (Å²) < 4.78 is 0. The molecular weight excluding hydrogens is 376 g/mol. The summed E-state index contributed by atoms with van der Waals surface area (Å²) in [7, 11) is 0. The van der Waals surface area contributed by atoms with E-state index in [9.17, 15) is 0 Å². The van der Waals surface area contributed by atoms with Gasteiger partial charge in [0.25, 0.3) is 0 Å². The summed E-state index contributed by atoms with van der Waals surface area (Å²) in [6.45, 7) is 2.28. The maximum atomic E-state index is 8.85. The Morgan fingerprint density at radius 3 is 1.71 bits per heavy atom. The van der Waals surface area contributed by atoms with Crippen LogP contribution in [0.25, 0.3) is 0 Å². The van der Waals surface area contributed by atoms with E-state index < -0.39 is 0 Å². The number of rotatable bonds is 16. The lowest BCUT2D eigenvalue weighted by Gasteiger charge is -2.04. The molecule has 31 heavy (non-hydrogen) atoms. The van der Waals surface area contributed by atoms with E-state index in [2.05, 4.69) is 42.3 Å². The first-order chi connectivity index (χ1) is 15.3. The van der Waals surface area contributed by atoms with E-state index in [0.29, 0.717) is 5.56 Å². The van der Waals surface area contributed by atoms with Crippen LogP contribution in [0.3, 0.4) is 0 Å². The van der Waals surface area contributed by atoms with Gasteiger partial charge < -0.3 is 0 Å². The highest BCUT2D eigenvalue weighted by atomic mass is 14.7. The highest BCUT2D eigenvalue weighted by Crippen LogP contribution is 2.17. The van der Waals surface area contributed by atoms with Crippen LogP contribution in [-0.2, 0) is 6.42 Å². The first kappa shape index (κ1) is 24.9. The zero-order valence-corrected chi connectivity index (χ0v) is 19.5. The Kier molecular flexibility index (Phi) is 13.1. The molecule has 0 saturated carbocycles. The Hall–Kier alpha value is -2.40. The Balaban J connectivity index is 1.50. The molecular formula is C29H40N2. The average molecular weight is 417 g/mol. The second kappa shape index (κ2) is 16.3. The number of nitriles is 1. The van der Waals surface area contributed by atoms with Crippen molar-refractivity contribution in [3.05, 3.63) is 65.2 Å². The summed E-state index contributed by atoms with van der Waals surface area (Å²) in [4.78, 5) is 4.53. The van der Waals surface area contributed by atoms with Crippen LogP contribution in [0.2, 0.25) is 0 Å². The summed E-state index contributed by atoms with van der Waals surface area (Å²) in [5.41, 5.74) is 4.06. The minimum absolute atomic E-state index is 0.676. The molecule has 0 bridgehead atoms. The molecule has 0 aliphatic rings. The third-order valence-corrected chi connectivity index (χ3v) is 5.91. The van der Waals surface area contributed by atoms with Crippen molar-refractivity contribution in [1.82, 2.24) is 0 Å². The molecule has 0 saturated heterocycles. The van der Waals surface area contributed by atoms with Crippen molar-refractivity contribution in [2.45, 2.75) is 96.8 Å². The number of aliphatic imine (C=N–C) groups is 1. The van der Waals surface area contributed by atoms with Gasteiger partial charge in [0.2, 0.25) is 0 Å². The van der Waals surface area contributed by atoms with Gasteiger partial charge in [0, 0.05) is 6.21 Å². The van der Waals surface area contributed by atoms with Crippen molar-refractivity contribution in [1.29, 1.82) is 5.26 Å². The second-order valence-electron chi connectivity index (χ2n) is 8.65. The summed E-state index contributed by atoms with van der Waals surface area (Å²) in [6, 6.07) is 18.2. The third kappa shape index (κ3) is 11.5. The first-order valence-corrected chi connectivity index (χ1v) is 12.4. The average Bonchev–Trinajstić information content (AvgIpc) is 2.82. The number of nitrogens with zero attached hydrogens (tertiary/aromatic N) is 2. The van der Waals surface area contributed by atoms with E-state index in [-0.39, 0.29) is 0 Å². The van der Waals surface area contributed by atoms with Crippen LogP contribution in [0.15, 0.2) is 53.5 Å². The minimum atomic E-state index is 0.676. The smallest absolute Gasteiger partial charge is 0.0991 e. The van der Waals surface area contributed by atoms with E-state index in [1.165, 1.54) is 89.0 Å². The van der Waals surface area contributed by atoms with Gasteiger partial charge in [-0.15, -0.1) is 0 Å². The van der Waals surface area contributed by atoms with Gasteiger partial charge in [-0.1, -0.05) is 108 Å². The van der Waals surface area contributed by atoms with Crippen LogP contribution >= 0.6 is 0 Å². The molecule has 0 heterocycles. The number of hydrogen-bond donors (Lipinski definition) is 0. The zero-order chi connectivity index (χ0) is 22.0. The lowest BCUT2D eigenvalue weighted by Crippen LogP contribution is -1.87. The SMILES string of the molecule is CCCCCCCCCCCCCCCc1ccc(/N=C/c2ccc(C#N)cc2)cc1. The maximum Gasteiger partial charge on any atom is 0.0991 e. The van der Waals surface area contributed by atoms with Crippen molar-refractivity contribution in [2.75, 3.05) is 0 Å². The fraction of sp³-hybridized carbons (Fsp3) is 0.517. The molecule has 0 aliphatic heterocycles. The molecule has 0 fully saturated rings. The van der Waals surface area contributed by atoms with Crippen molar-refractivity contribution in [3.63, 3.8) is 0 Å². The Bertz CT molecular complexity index is 766. The van der Waals surface area contributed by atoms with Gasteiger partial charge in [-0.25, -0.2) is 0 Å². The fourth-order valence-electron chi connectivity index (χ4n) is 3.89. The normalized spacial score (nSPS) is 11.1. The van der Waals surface area contributed by atoms with Crippen LogP contribution in [0.5, 0.6) is 0 Å². The van der Waals surface area contributed by atoms with E-state index >= 15 is 0 Å². The van der Waals surface area contributed by atoms with Crippen LogP contribution in [-0.4, -0.2) is 6.21 Å². The minimum Gasteiger partial charge on any atom is -0.256 e. The van der Waals surface area contributed by atoms with E-state index in [1.54, 1.807) is 0 Å². The van der Waals surface area contributed by atoms with Crippen molar-refractivity contribution in [2.24, 2.45) is 4.99 Å². The quantitative estimate of drug-likeness (QED) is 0.199. The van der Waals surface area contributed by atoms with Crippen LogP contribution in [0.1, 0.15) is 107 Å². The third-order valence-electron chi connectivity index (χ3n) is 5.91. The molecule has 2 heteroatoms. The molecule has 0 radical (unpaired) electrons. The highest BCUT2D eigenvalue weighted by molar-refractivity contribution is 5.82. The van der Waals surface area contributed by atoms with Crippen molar-refractivity contribution < 1.29 is 0 Å². The van der Waals surface area contributed by atoms with Gasteiger partial charge in [-0.05, 0) is 48.2 Å². The second-order valence-corrected chi connectivity index (χ2v) is 8.65. The van der Waals surface area contributed by atoms with Crippen molar-refractivity contribution in [3.8, 4) is 6.07 Å². The molecule has 0 spiro atoms. The molecule has 0 aliphatic carbocycles. The van der Waals surface area contributed by atoms with Crippen molar-refractivity contribution >= 4 is 11.9 Å². The van der Waals surface area contributed by atoms with Gasteiger partial charge in [-0.3, -0.25) is 4.99 Å². The molecule has 2 rings (SSSR count). The fourth-order valence-corrected chi connectivity index (χ4v) is 3.89. The van der Waals surface area contributed by atoms with Gasteiger partial charge in [0.1, 0.15) is 0 Å². The maximum absolute atomic E-state index is 8.85. The van der Waals surface area contributed by atoms with Gasteiger partial charge in [0.15, 0.2) is 0 Å². The Labute approximate surface area is 190 Å². The number of unbranched alkanes of at least 4 members (excludes halogenated alkanes) is 12. The predicted molar refractivity (Wildman–Crippen MR) is 134 cm³/mol. The van der Waals surface area contributed by atoms with Gasteiger partial charge in [-0.2, -0.15) is 5.26 Å². The van der Waals surface area contributed by atoms with Gasteiger partial charge >= 0.3 is 0 Å². The molecule has 0 N–H and O–H groups in total. The summed E-state index contributed by atoms with van der Waals surface area (Å²) in [5.74, 6) is 0. The Morgan fingerprint density at radius 1 is 0.677 bits per heavy atom. The molecule has 2 aromatic rings. The van der Waals surface area contributed by atoms with E-state index in [0.717, 1.165) is 17.7 Å². The number of aryl methyl sites for hydroxylation is 1. The highest BCUT2D eigenvalue weighted by Gasteiger charge is 1.97. The Morgan fingerprint density at radius 2 is 1.19 bits per heavy atom. The summed E-state index contributed by atoms with van der Waals surface area (Å²) >= 11 is 0. The molecule has 0 atom stereocenters. The largest absolute Gasteiger partial charge is 0.256 e.